The van der Waals surface area contributed by atoms with Crippen molar-refractivity contribution in [3.05, 3.63) is 57.9 Å². The van der Waals surface area contributed by atoms with E-state index in [0.29, 0.717) is 34.5 Å². The van der Waals surface area contributed by atoms with Gasteiger partial charge in [-0.05, 0) is 44.5 Å². The summed E-state index contributed by atoms with van der Waals surface area (Å²) in [4.78, 5) is 12.3. The van der Waals surface area contributed by atoms with Crippen molar-refractivity contribution in [3.8, 4) is 11.8 Å². The number of nitrogens with zero attached hydrogens (tertiary/aromatic N) is 1. The minimum absolute atomic E-state index is 0.0915. The number of aromatic hydroxyl groups is 1. The van der Waals surface area contributed by atoms with E-state index in [2.05, 4.69) is 10.6 Å². The van der Waals surface area contributed by atoms with Crippen molar-refractivity contribution in [2.45, 2.75) is 33.0 Å². The van der Waals surface area contributed by atoms with E-state index in [1.165, 1.54) is 6.07 Å². The predicted octanol–water partition coefficient (Wildman–Crippen LogP) is 1.62. The van der Waals surface area contributed by atoms with Crippen LogP contribution in [0.15, 0.2) is 46.8 Å². The first kappa shape index (κ1) is 18.5. The number of dihydropyridines is 2. The summed E-state index contributed by atoms with van der Waals surface area (Å²) >= 11 is 0. The van der Waals surface area contributed by atoms with Gasteiger partial charge >= 0.3 is 0 Å². The zero-order chi connectivity index (χ0) is 19.7. The largest absolute Gasteiger partial charge is 0.507 e. The molecule has 1 aromatic carbocycles. The summed E-state index contributed by atoms with van der Waals surface area (Å²) in [5.41, 5.74) is 9.84. The first-order valence-corrected chi connectivity index (χ1v) is 8.72. The van der Waals surface area contributed by atoms with Crippen molar-refractivity contribution in [1.82, 2.24) is 10.6 Å². The Morgan fingerprint density at radius 1 is 1.44 bits per heavy atom. The summed E-state index contributed by atoms with van der Waals surface area (Å²) < 4.78 is 5.83. The second-order valence-electron chi connectivity index (χ2n) is 6.48. The van der Waals surface area contributed by atoms with Crippen molar-refractivity contribution < 1.29 is 14.6 Å². The lowest BCUT2D eigenvalue weighted by Gasteiger charge is -2.37. The molecule has 7 nitrogen and oxygen atoms in total. The minimum Gasteiger partial charge on any atom is -0.507 e. The van der Waals surface area contributed by atoms with Crippen LogP contribution in [-0.2, 0) is 9.53 Å². The number of benzene rings is 1. The number of ether oxygens (including phenoxy) is 1. The van der Waals surface area contributed by atoms with Gasteiger partial charge in [0.25, 0.3) is 0 Å². The van der Waals surface area contributed by atoms with Gasteiger partial charge in [0.2, 0.25) is 5.91 Å². The monoisotopic (exact) mass is 366 g/mol. The van der Waals surface area contributed by atoms with Crippen molar-refractivity contribution >= 4 is 11.5 Å². The highest BCUT2D eigenvalue weighted by atomic mass is 16.5. The van der Waals surface area contributed by atoms with Gasteiger partial charge in [-0.15, -0.1) is 0 Å². The Hall–Kier alpha value is -3.24. The Morgan fingerprint density at radius 3 is 2.78 bits per heavy atom. The number of phenolic OH excluding ortho intramolecular Hbond substituents is 1. The standard InChI is InChI=1S/C20H22N4O3/c1-4-27-20-17-16(13-6-5-12(8-21)7-14(13)25)15(19(22)26)11(3)24-18(17)10(2)9-23-20/h5-7,9,11,20,23-25H,4H2,1-3H3,(H2,22,26). The first-order valence-electron chi connectivity index (χ1n) is 8.72. The highest BCUT2D eigenvalue weighted by Crippen LogP contribution is 2.42. The van der Waals surface area contributed by atoms with Gasteiger partial charge < -0.3 is 26.2 Å². The molecule has 0 aliphatic carbocycles. The summed E-state index contributed by atoms with van der Waals surface area (Å²) in [6, 6.07) is 6.25. The van der Waals surface area contributed by atoms with Gasteiger partial charge in [-0.25, -0.2) is 0 Å². The van der Waals surface area contributed by atoms with Gasteiger partial charge in [0.05, 0.1) is 17.7 Å². The normalized spacial score (nSPS) is 21.6. The molecule has 0 bridgehead atoms. The molecule has 1 amide bonds. The van der Waals surface area contributed by atoms with Crippen molar-refractivity contribution in [2.24, 2.45) is 5.73 Å². The number of phenols is 1. The Bertz CT molecular complexity index is 937. The van der Waals surface area contributed by atoms with Gasteiger partial charge in [-0.3, -0.25) is 4.79 Å². The molecule has 0 saturated heterocycles. The average Bonchev–Trinajstić information content (AvgIpc) is 2.63. The van der Waals surface area contributed by atoms with Crippen molar-refractivity contribution in [3.63, 3.8) is 0 Å². The molecule has 0 aromatic heterocycles. The maximum Gasteiger partial charge on any atom is 0.247 e. The lowest BCUT2D eigenvalue weighted by Crippen LogP contribution is -2.45. The number of rotatable bonds is 4. The quantitative estimate of drug-likeness (QED) is 0.643. The maximum absolute atomic E-state index is 12.3. The van der Waals surface area contributed by atoms with Crippen LogP contribution >= 0.6 is 0 Å². The molecule has 2 atom stereocenters. The van der Waals surface area contributed by atoms with Crippen LogP contribution in [-0.4, -0.2) is 29.9 Å². The Morgan fingerprint density at radius 2 is 2.19 bits per heavy atom. The van der Waals surface area contributed by atoms with Gasteiger partial charge in [-0.2, -0.15) is 5.26 Å². The summed E-state index contributed by atoms with van der Waals surface area (Å²) in [6.07, 6.45) is 1.35. The van der Waals surface area contributed by atoms with Crippen molar-refractivity contribution in [1.29, 1.82) is 5.26 Å². The molecule has 0 saturated carbocycles. The molecule has 1 aromatic rings. The van der Waals surface area contributed by atoms with Crippen LogP contribution < -0.4 is 16.4 Å². The predicted molar refractivity (Wildman–Crippen MR) is 101 cm³/mol. The maximum atomic E-state index is 12.3. The third kappa shape index (κ3) is 3.15. The summed E-state index contributed by atoms with van der Waals surface area (Å²) in [5, 5.41) is 26.2. The van der Waals surface area contributed by atoms with Crippen LogP contribution in [0, 0.1) is 11.3 Å². The molecule has 7 heteroatoms. The third-order valence-corrected chi connectivity index (χ3v) is 4.70. The van der Waals surface area contributed by atoms with Gasteiger partial charge in [0.15, 0.2) is 6.23 Å². The number of nitrogens with two attached hydrogens (primary N) is 1. The number of nitriles is 1. The summed E-state index contributed by atoms with van der Waals surface area (Å²) in [5.74, 6) is -0.672. The topological polar surface area (TPSA) is 120 Å². The number of hydrogen-bond acceptors (Lipinski definition) is 6. The van der Waals surface area contributed by atoms with Crippen LogP contribution in [0.5, 0.6) is 5.75 Å². The summed E-state index contributed by atoms with van der Waals surface area (Å²) in [7, 11) is 0. The zero-order valence-electron chi connectivity index (χ0n) is 15.5. The molecule has 2 unspecified atom stereocenters. The number of nitrogens with one attached hydrogen (secondary N) is 2. The van der Waals surface area contributed by atoms with E-state index in [4.69, 9.17) is 15.7 Å². The molecule has 5 N–H and O–H groups in total. The van der Waals surface area contributed by atoms with E-state index in [1.807, 2.05) is 33.0 Å². The number of amides is 1. The molecule has 2 heterocycles. The van der Waals surface area contributed by atoms with E-state index in [9.17, 15) is 9.90 Å². The Labute approximate surface area is 157 Å². The zero-order valence-corrected chi connectivity index (χ0v) is 15.5. The third-order valence-electron chi connectivity index (χ3n) is 4.70. The number of carbonyl (C=O) groups excluding carboxylic acids is 1. The van der Waals surface area contributed by atoms with Crippen LogP contribution in [0.25, 0.3) is 5.57 Å². The fourth-order valence-corrected chi connectivity index (χ4v) is 3.54. The average molecular weight is 366 g/mol. The highest BCUT2D eigenvalue weighted by Gasteiger charge is 2.37. The Balaban J connectivity index is 2.32. The van der Waals surface area contributed by atoms with E-state index < -0.39 is 12.1 Å². The van der Waals surface area contributed by atoms with Gasteiger partial charge in [0, 0.05) is 40.8 Å². The fraction of sp³-hybridized carbons (Fsp3) is 0.300. The summed E-state index contributed by atoms with van der Waals surface area (Å²) in [6.45, 7) is 6.12. The van der Waals surface area contributed by atoms with Crippen molar-refractivity contribution in [2.75, 3.05) is 6.61 Å². The molecule has 0 fully saturated rings. The lowest BCUT2D eigenvalue weighted by atomic mass is 9.81. The minimum atomic E-state index is -0.581. The number of allylic oxidation sites excluding steroid dienone is 1. The van der Waals surface area contributed by atoms with E-state index in [-0.39, 0.29) is 11.8 Å². The molecule has 140 valence electrons. The van der Waals surface area contributed by atoms with Crippen LogP contribution in [0.1, 0.15) is 31.9 Å². The van der Waals surface area contributed by atoms with Crippen LogP contribution in [0.4, 0.5) is 0 Å². The van der Waals surface area contributed by atoms with Crippen LogP contribution in [0.3, 0.4) is 0 Å². The Kier molecular flexibility index (Phi) is 4.93. The second kappa shape index (κ2) is 7.17. The number of carbonyl (C=O) groups is 1. The van der Waals surface area contributed by atoms with Crippen LogP contribution in [0.2, 0.25) is 0 Å². The molecular weight excluding hydrogens is 344 g/mol. The van der Waals surface area contributed by atoms with Gasteiger partial charge in [-0.1, -0.05) is 0 Å². The lowest BCUT2D eigenvalue weighted by molar-refractivity contribution is -0.114. The molecule has 27 heavy (non-hydrogen) atoms. The second-order valence-corrected chi connectivity index (χ2v) is 6.48. The van der Waals surface area contributed by atoms with E-state index >= 15 is 0 Å². The van der Waals surface area contributed by atoms with E-state index in [0.717, 1.165) is 11.3 Å². The molecular formula is C20H22N4O3. The molecule has 2 aliphatic rings. The van der Waals surface area contributed by atoms with Gasteiger partial charge in [0.1, 0.15) is 5.75 Å². The van der Waals surface area contributed by atoms with E-state index in [1.54, 1.807) is 12.1 Å². The molecule has 3 rings (SSSR count). The molecule has 0 spiro atoms. The fourth-order valence-electron chi connectivity index (χ4n) is 3.54. The SMILES string of the molecule is CCOC1NC=C(C)C2=C1C(c1ccc(C#N)cc1O)=C(C(N)=O)C(C)N2. The first-order chi connectivity index (χ1) is 12.9. The number of hydrogen-bond donors (Lipinski definition) is 4. The number of primary amides is 1. The molecule has 0 radical (unpaired) electrons. The smallest absolute Gasteiger partial charge is 0.247 e. The molecule has 2 aliphatic heterocycles. The highest BCUT2D eigenvalue weighted by molar-refractivity contribution is 6.07.